The van der Waals surface area contributed by atoms with Crippen molar-refractivity contribution < 1.29 is 13.9 Å². The summed E-state index contributed by atoms with van der Waals surface area (Å²) >= 11 is 0. The molecule has 0 bridgehead atoms. The SMILES string of the molecule is Cc1cc(F)ccc1OC(=O)N1CCCCC1. The first kappa shape index (κ1) is 11.9. The van der Waals surface area contributed by atoms with Crippen LogP contribution in [0.3, 0.4) is 0 Å². The summed E-state index contributed by atoms with van der Waals surface area (Å²) in [5.41, 5.74) is 0.635. The molecule has 2 rings (SSSR count). The molecule has 1 aromatic carbocycles. The van der Waals surface area contributed by atoms with Gasteiger partial charge in [0.1, 0.15) is 11.6 Å². The lowest BCUT2D eigenvalue weighted by molar-refractivity contribution is 0.142. The largest absolute Gasteiger partial charge is 0.415 e. The van der Waals surface area contributed by atoms with Crippen molar-refractivity contribution in [2.75, 3.05) is 13.1 Å². The third-order valence-corrected chi connectivity index (χ3v) is 2.95. The number of ether oxygens (including phenoxy) is 1. The smallest absolute Gasteiger partial charge is 0.410 e. The molecule has 1 amide bonds. The van der Waals surface area contributed by atoms with E-state index >= 15 is 0 Å². The van der Waals surface area contributed by atoms with Crippen LogP contribution in [0, 0.1) is 12.7 Å². The van der Waals surface area contributed by atoms with Crippen LogP contribution in [-0.4, -0.2) is 24.1 Å². The van der Waals surface area contributed by atoms with E-state index in [0.29, 0.717) is 11.3 Å². The van der Waals surface area contributed by atoms with Crippen LogP contribution >= 0.6 is 0 Å². The van der Waals surface area contributed by atoms with Gasteiger partial charge in [-0.05, 0) is 49.9 Å². The number of rotatable bonds is 1. The van der Waals surface area contributed by atoms with Crippen molar-refractivity contribution in [3.63, 3.8) is 0 Å². The van der Waals surface area contributed by atoms with Gasteiger partial charge in [0.15, 0.2) is 0 Å². The summed E-state index contributed by atoms with van der Waals surface area (Å²) in [4.78, 5) is 13.5. The molecule has 17 heavy (non-hydrogen) atoms. The van der Waals surface area contributed by atoms with E-state index in [0.717, 1.165) is 25.9 Å². The van der Waals surface area contributed by atoms with E-state index < -0.39 is 0 Å². The van der Waals surface area contributed by atoms with Gasteiger partial charge in [-0.2, -0.15) is 0 Å². The summed E-state index contributed by atoms with van der Waals surface area (Å²) in [6, 6.07) is 4.15. The van der Waals surface area contributed by atoms with E-state index in [9.17, 15) is 9.18 Å². The van der Waals surface area contributed by atoms with Gasteiger partial charge in [-0.25, -0.2) is 9.18 Å². The maximum absolute atomic E-state index is 12.9. The summed E-state index contributed by atoms with van der Waals surface area (Å²) in [6.45, 7) is 3.22. The molecule has 92 valence electrons. The zero-order chi connectivity index (χ0) is 12.3. The Labute approximate surface area is 100 Å². The number of benzene rings is 1. The lowest BCUT2D eigenvalue weighted by Gasteiger charge is -2.25. The quantitative estimate of drug-likeness (QED) is 0.751. The highest BCUT2D eigenvalue weighted by Gasteiger charge is 2.18. The van der Waals surface area contributed by atoms with Crippen molar-refractivity contribution in [1.82, 2.24) is 4.90 Å². The van der Waals surface area contributed by atoms with Gasteiger partial charge in [0, 0.05) is 13.1 Å². The molecular formula is C13H16FNO2. The molecule has 1 aromatic rings. The molecule has 0 N–H and O–H groups in total. The van der Waals surface area contributed by atoms with Gasteiger partial charge in [-0.3, -0.25) is 0 Å². The molecule has 0 saturated carbocycles. The van der Waals surface area contributed by atoms with E-state index in [-0.39, 0.29) is 11.9 Å². The van der Waals surface area contributed by atoms with Crippen LogP contribution in [0.4, 0.5) is 9.18 Å². The van der Waals surface area contributed by atoms with Crippen LogP contribution in [0.25, 0.3) is 0 Å². The van der Waals surface area contributed by atoms with Crippen LogP contribution < -0.4 is 4.74 Å². The van der Waals surface area contributed by atoms with E-state index in [1.165, 1.54) is 24.6 Å². The molecule has 0 unspecified atom stereocenters. The monoisotopic (exact) mass is 237 g/mol. The van der Waals surface area contributed by atoms with Gasteiger partial charge in [0.2, 0.25) is 0 Å². The van der Waals surface area contributed by atoms with Crippen molar-refractivity contribution in [3.05, 3.63) is 29.6 Å². The average molecular weight is 237 g/mol. The number of likely N-dealkylation sites (tertiary alicyclic amines) is 1. The molecule has 0 aliphatic carbocycles. The molecule has 1 aliphatic rings. The van der Waals surface area contributed by atoms with Gasteiger partial charge < -0.3 is 9.64 Å². The number of hydrogen-bond acceptors (Lipinski definition) is 2. The lowest BCUT2D eigenvalue weighted by atomic mass is 10.1. The van der Waals surface area contributed by atoms with Crippen LogP contribution in [-0.2, 0) is 0 Å². The van der Waals surface area contributed by atoms with E-state index in [2.05, 4.69) is 0 Å². The minimum absolute atomic E-state index is 0.319. The van der Waals surface area contributed by atoms with Crippen LogP contribution in [0.5, 0.6) is 5.75 Å². The first-order chi connectivity index (χ1) is 8.16. The zero-order valence-electron chi connectivity index (χ0n) is 9.91. The van der Waals surface area contributed by atoms with Crippen molar-refractivity contribution in [1.29, 1.82) is 0 Å². The van der Waals surface area contributed by atoms with Gasteiger partial charge in [0.05, 0.1) is 0 Å². The minimum atomic E-state index is -0.334. The Morgan fingerprint density at radius 2 is 2.00 bits per heavy atom. The highest BCUT2D eigenvalue weighted by atomic mass is 19.1. The number of hydrogen-bond donors (Lipinski definition) is 0. The average Bonchev–Trinajstić information content (AvgIpc) is 2.34. The number of piperidine rings is 1. The lowest BCUT2D eigenvalue weighted by Crippen LogP contribution is -2.37. The molecule has 0 atom stereocenters. The third-order valence-electron chi connectivity index (χ3n) is 2.95. The third kappa shape index (κ3) is 2.96. The molecule has 3 nitrogen and oxygen atoms in total. The molecule has 1 fully saturated rings. The molecule has 0 spiro atoms. The highest BCUT2D eigenvalue weighted by molar-refractivity contribution is 5.71. The molecular weight excluding hydrogens is 221 g/mol. The summed E-state index contributed by atoms with van der Waals surface area (Å²) in [5, 5.41) is 0. The molecule has 0 aromatic heterocycles. The number of carbonyl (C=O) groups is 1. The Bertz CT molecular complexity index is 414. The second kappa shape index (κ2) is 5.17. The zero-order valence-corrected chi connectivity index (χ0v) is 9.91. The second-order valence-corrected chi connectivity index (χ2v) is 4.33. The van der Waals surface area contributed by atoms with Gasteiger partial charge in [-0.15, -0.1) is 0 Å². The highest BCUT2D eigenvalue weighted by Crippen LogP contribution is 2.20. The van der Waals surface area contributed by atoms with Crippen molar-refractivity contribution in [2.24, 2.45) is 0 Å². The topological polar surface area (TPSA) is 29.5 Å². The predicted molar refractivity (Wildman–Crippen MR) is 62.6 cm³/mol. The molecule has 0 radical (unpaired) electrons. The first-order valence-electron chi connectivity index (χ1n) is 5.90. The Morgan fingerprint density at radius 3 is 2.65 bits per heavy atom. The maximum atomic E-state index is 12.9. The van der Waals surface area contributed by atoms with Crippen molar-refractivity contribution >= 4 is 6.09 Å². The first-order valence-corrected chi connectivity index (χ1v) is 5.90. The molecule has 1 saturated heterocycles. The van der Waals surface area contributed by atoms with Gasteiger partial charge >= 0.3 is 6.09 Å². The van der Waals surface area contributed by atoms with E-state index in [1.807, 2.05) is 0 Å². The second-order valence-electron chi connectivity index (χ2n) is 4.33. The summed E-state index contributed by atoms with van der Waals surface area (Å²) in [6.07, 6.45) is 2.88. The number of aryl methyl sites for hydroxylation is 1. The van der Waals surface area contributed by atoms with Gasteiger partial charge in [-0.1, -0.05) is 0 Å². The number of halogens is 1. The Morgan fingerprint density at radius 1 is 1.29 bits per heavy atom. The Balaban J connectivity index is 2.02. The predicted octanol–water partition coefficient (Wildman–Crippen LogP) is 3.12. The Hall–Kier alpha value is -1.58. The molecule has 4 heteroatoms. The maximum Gasteiger partial charge on any atom is 0.415 e. The summed E-state index contributed by atoms with van der Waals surface area (Å²) in [7, 11) is 0. The van der Waals surface area contributed by atoms with Crippen LogP contribution in [0.1, 0.15) is 24.8 Å². The van der Waals surface area contributed by atoms with Gasteiger partial charge in [0.25, 0.3) is 0 Å². The summed E-state index contributed by atoms with van der Waals surface area (Å²) < 4.78 is 18.1. The fourth-order valence-corrected chi connectivity index (χ4v) is 1.96. The van der Waals surface area contributed by atoms with Crippen LogP contribution in [0.2, 0.25) is 0 Å². The number of amides is 1. The minimum Gasteiger partial charge on any atom is -0.410 e. The van der Waals surface area contributed by atoms with Crippen LogP contribution in [0.15, 0.2) is 18.2 Å². The fourth-order valence-electron chi connectivity index (χ4n) is 1.96. The normalized spacial score (nSPS) is 15.8. The van der Waals surface area contributed by atoms with E-state index in [4.69, 9.17) is 4.74 Å². The van der Waals surface area contributed by atoms with Crippen molar-refractivity contribution in [2.45, 2.75) is 26.2 Å². The Kier molecular flexibility index (Phi) is 3.61. The molecule has 1 heterocycles. The summed E-state index contributed by atoms with van der Waals surface area (Å²) in [5.74, 6) is 0.113. The molecule has 1 aliphatic heterocycles. The van der Waals surface area contributed by atoms with Crippen molar-refractivity contribution in [3.8, 4) is 5.75 Å². The standard InChI is InChI=1S/C13H16FNO2/c1-10-9-11(14)5-6-12(10)17-13(16)15-7-3-2-4-8-15/h5-6,9H,2-4,7-8H2,1H3. The van der Waals surface area contributed by atoms with E-state index in [1.54, 1.807) is 11.8 Å². The fraction of sp³-hybridized carbons (Fsp3) is 0.462. The number of nitrogens with zero attached hydrogens (tertiary/aromatic N) is 1. The number of carbonyl (C=O) groups excluding carboxylic acids is 1.